The molecule has 0 aliphatic heterocycles. The Hall–Kier alpha value is -1.62. The summed E-state index contributed by atoms with van der Waals surface area (Å²) in [6.45, 7) is 6.01. The maximum atomic E-state index is 11.2. The molecule has 0 aromatic carbocycles. The number of pyridine rings is 1. The van der Waals surface area contributed by atoms with E-state index in [9.17, 15) is 4.79 Å². The highest BCUT2D eigenvalue weighted by Crippen LogP contribution is 2.19. The van der Waals surface area contributed by atoms with E-state index in [0.29, 0.717) is 18.0 Å². The molecule has 2 N–H and O–H groups in total. The number of carboxylic acid groups (broad SMARTS) is 1. The van der Waals surface area contributed by atoms with Crippen LogP contribution >= 0.6 is 0 Å². The first kappa shape index (κ1) is 13.4. The van der Waals surface area contributed by atoms with Crippen LogP contribution in [0.5, 0.6) is 0 Å². The second-order valence-electron chi connectivity index (χ2n) is 4.11. The van der Waals surface area contributed by atoms with Gasteiger partial charge in [0.25, 0.3) is 0 Å². The van der Waals surface area contributed by atoms with Gasteiger partial charge in [-0.25, -0.2) is 9.78 Å². The quantitative estimate of drug-likeness (QED) is 0.819. The van der Waals surface area contributed by atoms with Gasteiger partial charge in [-0.05, 0) is 32.4 Å². The lowest BCUT2D eigenvalue weighted by Gasteiger charge is -2.16. The van der Waals surface area contributed by atoms with E-state index in [4.69, 9.17) is 9.84 Å². The molecule has 0 bridgehead atoms. The zero-order valence-electron chi connectivity index (χ0n) is 10.6. The molecular formula is C12H18N2O3. The minimum absolute atomic E-state index is 0.00630. The molecule has 1 heterocycles. The number of anilines is 1. The zero-order valence-corrected chi connectivity index (χ0v) is 10.6. The second kappa shape index (κ2) is 5.63. The normalized spacial score (nSPS) is 12.2. The Labute approximate surface area is 101 Å². The first-order valence-corrected chi connectivity index (χ1v) is 5.42. The Morgan fingerprint density at radius 2 is 2.24 bits per heavy atom. The Bertz CT molecular complexity index is 418. The molecule has 1 unspecified atom stereocenters. The van der Waals surface area contributed by atoms with Crippen molar-refractivity contribution >= 4 is 11.8 Å². The van der Waals surface area contributed by atoms with Crippen molar-refractivity contribution in [2.24, 2.45) is 0 Å². The van der Waals surface area contributed by atoms with Crippen LogP contribution in [0.2, 0.25) is 0 Å². The Morgan fingerprint density at radius 1 is 1.59 bits per heavy atom. The highest BCUT2D eigenvalue weighted by Gasteiger charge is 2.16. The zero-order chi connectivity index (χ0) is 13.0. The monoisotopic (exact) mass is 238 g/mol. The average Bonchev–Trinajstić information content (AvgIpc) is 2.15. The number of rotatable bonds is 5. The second-order valence-corrected chi connectivity index (χ2v) is 4.11. The van der Waals surface area contributed by atoms with Crippen LogP contribution in [0.3, 0.4) is 0 Å². The van der Waals surface area contributed by atoms with Gasteiger partial charge in [0.2, 0.25) is 0 Å². The molecule has 0 fully saturated rings. The number of nitrogens with zero attached hydrogens (tertiary/aromatic N) is 1. The van der Waals surface area contributed by atoms with E-state index < -0.39 is 5.97 Å². The summed E-state index contributed by atoms with van der Waals surface area (Å²) in [5.41, 5.74) is 1.72. The molecule has 0 saturated carbocycles. The molecule has 0 amide bonds. The predicted octanol–water partition coefficient (Wildman–Crippen LogP) is 1.84. The van der Waals surface area contributed by atoms with Crippen molar-refractivity contribution in [3.63, 3.8) is 0 Å². The molecular weight excluding hydrogens is 220 g/mol. The minimum Gasteiger partial charge on any atom is -0.478 e. The number of hydrogen-bond acceptors (Lipinski definition) is 4. The van der Waals surface area contributed by atoms with E-state index in [-0.39, 0.29) is 11.6 Å². The van der Waals surface area contributed by atoms with Gasteiger partial charge in [0.05, 0.1) is 6.61 Å². The molecule has 1 aromatic rings. The lowest BCUT2D eigenvalue weighted by atomic mass is 10.1. The summed E-state index contributed by atoms with van der Waals surface area (Å²) in [6, 6.07) is 1.77. The number of aryl methyl sites for hydroxylation is 2. The van der Waals surface area contributed by atoms with Gasteiger partial charge in [0.1, 0.15) is 11.4 Å². The topological polar surface area (TPSA) is 71.5 Å². The van der Waals surface area contributed by atoms with Crippen molar-refractivity contribution in [1.82, 2.24) is 4.98 Å². The molecule has 94 valence electrons. The van der Waals surface area contributed by atoms with E-state index in [2.05, 4.69) is 10.3 Å². The number of nitrogens with one attached hydrogen (secondary N) is 1. The standard InChI is InChI=1S/C12H18N2O3/c1-7-5-8(2)13-11(10(7)12(15)16)14-9(3)6-17-4/h5,9H,6H2,1-4H3,(H,13,14)(H,15,16). The number of aromatic nitrogens is 1. The molecule has 5 nitrogen and oxygen atoms in total. The van der Waals surface area contributed by atoms with Crippen molar-refractivity contribution in [2.75, 3.05) is 19.0 Å². The summed E-state index contributed by atoms with van der Waals surface area (Å²) in [5.74, 6) is -0.568. The molecule has 1 atom stereocenters. The summed E-state index contributed by atoms with van der Waals surface area (Å²) in [7, 11) is 1.60. The average molecular weight is 238 g/mol. The third kappa shape index (κ3) is 3.42. The number of hydrogen-bond donors (Lipinski definition) is 2. The van der Waals surface area contributed by atoms with Crippen LogP contribution in [0.1, 0.15) is 28.5 Å². The number of methoxy groups -OCH3 is 1. The van der Waals surface area contributed by atoms with Crippen LogP contribution in [0, 0.1) is 13.8 Å². The summed E-state index contributed by atoms with van der Waals surface area (Å²) in [6.07, 6.45) is 0. The number of ether oxygens (including phenoxy) is 1. The van der Waals surface area contributed by atoms with Crippen molar-refractivity contribution in [3.8, 4) is 0 Å². The van der Waals surface area contributed by atoms with E-state index in [1.165, 1.54) is 0 Å². The highest BCUT2D eigenvalue weighted by atomic mass is 16.5. The SMILES string of the molecule is COCC(C)Nc1nc(C)cc(C)c1C(=O)O. The molecule has 0 saturated heterocycles. The third-order valence-corrected chi connectivity index (χ3v) is 2.36. The summed E-state index contributed by atoms with van der Waals surface area (Å²) in [4.78, 5) is 15.4. The summed E-state index contributed by atoms with van der Waals surface area (Å²) in [5, 5.41) is 12.2. The smallest absolute Gasteiger partial charge is 0.339 e. The molecule has 1 aromatic heterocycles. The highest BCUT2D eigenvalue weighted by molar-refractivity contribution is 5.94. The minimum atomic E-state index is -0.970. The first-order chi connectivity index (χ1) is 7.95. The fourth-order valence-electron chi connectivity index (χ4n) is 1.74. The Balaban J connectivity index is 3.08. The van der Waals surface area contributed by atoms with Crippen molar-refractivity contribution in [2.45, 2.75) is 26.8 Å². The number of carbonyl (C=O) groups is 1. The summed E-state index contributed by atoms with van der Waals surface area (Å²) < 4.78 is 5.00. The van der Waals surface area contributed by atoms with Gasteiger partial charge < -0.3 is 15.2 Å². The molecule has 0 aliphatic carbocycles. The number of aromatic carboxylic acids is 1. The van der Waals surface area contributed by atoms with Gasteiger partial charge in [-0.3, -0.25) is 0 Å². The van der Waals surface area contributed by atoms with E-state index in [0.717, 1.165) is 5.69 Å². The van der Waals surface area contributed by atoms with Crippen LogP contribution in [-0.4, -0.2) is 35.8 Å². The van der Waals surface area contributed by atoms with Gasteiger partial charge >= 0.3 is 5.97 Å². The first-order valence-electron chi connectivity index (χ1n) is 5.42. The maximum Gasteiger partial charge on any atom is 0.339 e. The lowest BCUT2D eigenvalue weighted by molar-refractivity contribution is 0.0696. The van der Waals surface area contributed by atoms with Gasteiger partial charge in [-0.15, -0.1) is 0 Å². The largest absolute Gasteiger partial charge is 0.478 e. The number of carboxylic acids is 1. The van der Waals surface area contributed by atoms with Crippen LogP contribution in [0.15, 0.2) is 6.07 Å². The van der Waals surface area contributed by atoms with Crippen LogP contribution < -0.4 is 5.32 Å². The van der Waals surface area contributed by atoms with E-state index >= 15 is 0 Å². The van der Waals surface area contributed by atoms with Crippen LogP contribution in [0.25, 0.3) is 0 Å². The molecule has 1 rings (SSSR count). The fraction of sp³-hybridized carbons (Fsp3) is 0.500. The van der Waals surface area contributed by atoms with E-state index in [1.54, 1.807) is 20.1 Å². The Kier molecular flexibility index (Phi) is 4.45. The molecule has 0 aliphatic rings. The van der Waals surface area contributed by atoms with Gasteiger partial charge in [0.15, 0.2) is 0 Å². The molecule has 0 spiro atoms. The van der Waals surface area contributed by atoms with Gasteiger partial charge in [0, 0.05) is 18.8 Å². The van der Waals surface area contributed by atoms with Crippen LogP contribution in [0.4, 0.5) is 5.82 Å². The fourth-order valence-corrected chi connectivity index (χ4v) is 1.74. The van der Waals surface area contributed by atoms with Gasteiger partial charge in [-0.1, -0.05) is 0 Å². The maximum absolute atomic E-state index is 11.2. The summed E-state index contributed by atoms with van der Waals surface area (Å²) >= 11 is 0. The molecule has 0 radical (unpaired) electrons. The van der Waals surface area contributed by atoms with Crippen LogP contribution in [-0.2, 0) is 4.74 Å². The van der Waals surface area contributed by atoms with Gasteiger partial charge in [-0.2, -0.15) is 0 Å². The lowest BCUT2D eigenvalue weighted by Crippen LogP contribution is -2.23. The van der Waals surface area contributed by atoms with Crippen molar-refractivity contribution in [1.29, 1.82) is 0 Å². The molecule has 5 heteroatoms. The van der Waals surface area contributed by atoms with E-state index in [1.807, 2.05) is 13.8 Å². The Morgan fingerprint density at radius 3 is 2.76 bits per heavy atom. The predicted molar refractivity (Wildman–Crippen MR) is 65.6 cm³/mol. The van der Waals surface area contributed by atoms with Crippen molar-refractivity contribution in [3.05, 3.63) is 22.9 Å². The van der Waals surface area contributed by atoms with Crippen molar-refractivity contribution < 1.29 is 14.6 Å². The molecule has 17 heavy (non-hydrogen) atoms. The third-order valence-electron chi connectivity index (χ3n) is 2.36.